The van der Waals surface area contributed by atoms with E-state index in [4.69, 9.17) is 9.29 Å². The number of hydrogen-bond acceptors (Lipinski definition) is 6. The molecule has 1 atom stereocenters. The van der Waals surface area contributed by atoms with Crippen molar-refractivity contribution >= 4 is 21.8 Å². The van der Waals surface area contributed by atoms with Crippen LogP contribution < -0.4 is 5.32 Å². The van der Waals surface area contributed by atoms with Crippen molar-refractivity contribution in [3.8, 4) is 0 Å². The Labute approximate surface area is 123 Å². The van der Waals surface area contributed by atoms with Crippen LogP contribution in [0, 0.1) is 0 Å². The summed E-state index contributed by atoms with van der Waals surface area (Å²) in [6.07, 6.45) is -0.0193. The summed E-state index contributed by atoms with van der Waals surface area (Å²) in [6.45, 7) is 5.05. The van der Waals surface area contributed by atoms with Crippen LogP contribution in [0.1, 0.15) is 18.6 Å². The van der Waals surface area contributed by atoms with E-state index in [0.717, 1.165) is 6.08 Å². The quantitative estimate of drug-likeness (QED) is 0.299. The monoisotopic (exact) mass is 315 g/mol. The standard InChI is InChI=1S/C13H17NO6S/c1-3-13(16)20-7-6-14-10-4-5-12(21(17,18)19)11(8-10)9(2)15/h3-5,8-9,14-15H,1,6-7H2,2H3,(H,17,18,19). The first-order chi connectivity index (χ1) is 9.75. The molecule has 1 aromatic carbocycles. The van der Waals surface area contributed by atoms with Crippen molar-refractivity contribution in [3.63, 3.8) is 0 Å². The maximum atomic E-state index is 11.2. The Balaban J connectivity index is 2.80. The SMILES string of the molecule is C=CC(=O)OCCNc1ccc(S(=O)(=O)O)c(C(C)O)c1. The smallest absolute Gasteiger partial charge is 0.330 e. The molecule has 0 aromatic heterocycles. The van der Waals surface area contributed by atoms with Crippen LogP contribution >= 0.6 is 0 Å². The van der Waals surface area contributed by atoms with Gasteiger partial charge in [-0.2, -0.15) is 8.42 Å². The molecule has 0 heterocycles. The Kier molecular flexibility index (Phi) is 5.89. The third-order valence-corrected chi connectivity index (χ3v) is 3.51. The highest BCUT2D eigenvalue weighted by Crippen LogP contribution is 2.25. The lowest BCUT2D eigenvalue weighted by molar-refractivity contribution is -0.137. The molecule has 0 amide bonds. The summed E-state index contributed by atoms with van der Waals surface area (Å²) in [5.74, 6) is -0.539. The first-order valence-corrected chi connectivity index (χ1v) is 7.52. The second kappa shape index (κ2) is 7.21. The molecular formula is C13H17NO6S. The van der Waals surface area contributed by atoms with Crippen molar-refractivity contribution in [1.29, 1.82) is 0 Å². The van der Waals surface area contributed by atoms with Gasteiger partial charge >= 0.3 is 5.97 Å². The van der Waals surface area contributed by atoms with Crippen molar-refractivity contribution in [2.45, 2.75) is 17.9 Å². The van der Waals surface area contributed by atoms with Crippen LogP contribution in [0.25, 0.3) is 0 Å². The van der Waals surface area contributed by atoms with Gasteiger partial charge in [0, 0.05) is 23.9 Å². The van der Waals surface area contributed by atoms with Gasteiger partial charge in [-0.25, -0.2) is 4.79 Å². The number of hydrogen-bond donors (Lipinski definition) is 3. The third-order valence-electron chi connectivity index (χ3n) is 2.58. The van der Waals surface area contributed by atoms with Crippen molar-refractivity contribution in [2.75, 3.05) is 18.5 Å². The van der Waals surface area contributed by atoms with Crippen LogP contribution in [0.2, 0.25) is 0 Å². The predicted octanol–water partition coefficient (Wildman–Crippen LogP) is 1.13. The molecule has 3 N–H and O–H groups in total. The van der Waals surface area contributed by atoms with E-state index in [-0.39, 0.29) is 17.1 Å². The highest BCUT2D eigenvalue weighted by Gasteiger charge is 2.18. The number of aliphatic hydroxyl groups is 1. The molecule has 0 spiro atoms. The lowest BCUT2D eigenvalue weighted by atomic mass is 10.1. The Hall–Kier alpha value is -1.90. The van der Waals surface area contributed by atoms with Gasteiger partial charge in [0.25, 0.3) is 10.1 Å². The maximum Gasteiger partial charge on any atom is 0.330 e. The molecule has 1 unspecified atom stereocenters. The molecule has 1 rings (SSSR count). The highest BCUT2D eigenvalue weighted by atomic mass is 32.2. The minimum Gasteiger partial charge on any atom is -0.461 e. The summed E-state index contributed by atoms with van der Waals surface area (Å²) in [5.41, 5.74) is 0.596. The van der Waals surface area contributed by atoms with Gasteiger partial charge in [0.05, 0.1) is 11.0 Å². The highest BCUT2D eigenvalue weighted by molar-refractivity contribution is 7.85. The summed E-state index contributed by atoms with van der Waals surface area (Å²) in [7, 11) is -4.40. The first-order valence-electron chi connectivity index (χ1n) is 6.08. The second-order valence-corrected chi connectivity index (χ2v) is 5.59. The van der Waals surface area contributed by atoms with Crippen molar-refractivity contribution in [3.05, 3.63) is 36.4 Å². The van der Waals surface area contributed by atoms with Crippen LogP contribution in [-0.2, 0) is 19.6 Å². The van der Waals surface area contributed by atoms with E-state index < -0.39 is 22.2 Å². The number of benzene rings is 1. The molecule has 0 fully saturated rings. The molecule has 0 aliphatic heterocycles. The molecule has 8 heteroatoms. The van der Waals surface area contributed by atoms with Crippen LogP contribution in [0.3, 0.4) is 0 Å². The van der Waals surface area contributed by atoms with Crippen molar-refractivity contribution in [2.24, 2.45) is 0 Å². The molecule has 0 aliphatic carbocycles. The number of aliphatic hydroxyl groups excluding tert-OH is 1. The van der Waals surface area contributed by atoms with E-state index in [1.165, 1.54) is 25.1 Å². The van der Waals surface area contributed by atoms with Gasteiger partial charge in [-0.1, -0.05) is 6.58 Å². The maximum absolute atomic E-state index is 11.2. The van der Waals surface area contributed by atoms with E-state index in [1.807, 2.05) is 0 Å². The average Bonchev–Trinajstić information content (AvgIpc) is 2.41. The van der Waals surface area contributed by atoms with Gasteiger partial charge in [-0.15, -0.1) is 0 Å². The number of ether oxygens (including phenoxy) is 1. The molecule has 116 valence electrons. The Morgan fingerprint density at radius 2 is 2.19 bits per heavy atom. The zero-order valence-corrected chi connectivity index (χ0v) is 12.3. The molecule has 0 bridgehead atoms. The molecule has 0 aliphatic rings. The normalized spacial score (nSPS) is 12.5. The molecule has 0 saturated carbocycles. The lowest BCUT2D eigenvalue weighted by Crippen LogP contribution is -2.13. The minimum absolute atomic E-state index is 0.0746. The van der Waals surface area contributed by atoms with Crippen LogP contribution in [0.5, 0.6) is 0 Å². The van der Waals surface area contributed by atoms with Gasteiger partial charge in [0.2, 0.25) is 0 Å². The number of carbonyl (C=O) groups excluding carboxylic acids is 1. The molecular weight excluding hydrogens is 298 g/mol. The number of carbonyl (C=O) groups is 1. The Morgan fingerprint density at radius 1 is 1.52 bits per heavy atom. The van der Waals surface area contributed by atoms with Crippen LogP contribution in [0.15, 0.2) is 35.7 Å². The van der Waals surface area contributed by atoms with E-state index in [0.29, 0.717) is 12.2 Å². The molecule has 0 radical (unpaired) electrons. The molecule has 7 nitrogen and oxygen atoms in total. The van der Waals surface area contributed by atoms with E-state index in [2.05, 4.69) is 11.9 Å². The average molecular weight is 315 g/mol. The largest absolute Gasteiger partial charge is 0.461 e. The van der Waals surface area contributed by atoms with Gasteiger partial charge in [0.1, 0.15) is 6.61 Å². The van der Waals surface area contributed by atoms with Crippen molar-refractivity contribution < 1.29 is 27.6 Å². The van der Waals surface area contributed by atoms with E-state index >= 15 is 0 Å². The fourth-order valence-corrected chi connectivity index (χ4v) is 2.39. The summed E-state index contributed by atoms with van der Waals surface area (Å²) in [4.78, 5) is 10.5. The molecule has 1 aromatic rings. The van der Waals surface area contributed by atoms with Gasteiger partial charge < -0.3 is 15.2 Å². The fourth-order valence-electron chi connectivity index (χ4n) is 1.63. The lowest BCUT2D eigenvalue weighted by Gasteiger charge is -2.13. The topological polar surface area (TPSA) is 113 Å². The first kappa shape index (κ1) is 17.2. The van der Waals surface area contributed by atoms with Crippen molar-refractivity contribution in [1.82, 2.24) is 0 Å². The number of rotatable bonds is 7. The van der Waals surface area contributed by atoms with Crippen LogP contribution in [0.4, 0.5) is 5.69 Å². The summed E-state index contributed by atoms with van der Waals surface area (Å²) in [6, 6.07) is 4.03. The fraction of sp³-hybridized carbons (Fsp3) is 0.308. The number of esters is 1. The van der Waals surface area contributed by atoms with Crippen LogP contribution in [-0.4, -0.2) is 37.2 Å². The minimum atomic E-state index is -4.40. The Morgan fingerprint density at radius 3 is 2.71 bits per heavy atom. The van der Waals surface area contributed by atoms with E-state index in [1.54, 1.807) is 0 Å². The third kappa shape index (κ3) is 5.18. The number of nitrogens with one attached hydrogen (secondary N) is 1. The van der Waals surface area contributed by atoms with Gasteiger partial charge in [0.15, 0.2) is 0 Å². The zero-order chi connectivity index (χ0) is 16.0. The summed E-state index contributed by atoms with van der Waals surface area (Å²) < 4.78 is 36.2. The van der Waals surface area contributed by atoms with E-state index in [9.17, 15) is 18.3 Å². The summed E-state index contributed by atoms with van der Waals surface area (Å²) >= 11 is 0. The molecule has 21 heavy (non-hydrogen) atoms. The molecule has 0 saturated heterocycles. The van der Waals surface area contributed by atoms with Gasteiger partial charge in [-0.3, -0.25) is 4.55 Å². The predicted molar refractivity (Wildman–Crippen MR) is 76.5 cm³/mol. The zero-order valence-electron chi connectivity index (χ0n) is 11.4. The second-order valence-electron chi connectivity index (χ2n) is 4.20. The Bertz CT molecular complexity index is 624. The summed E-state index contributed by atoms with van der Waals surface area (Å²) in [5, 5.41) is 12.5. The number of anilines is 1. The van der Waals surface area contributed by atoms with Gasteiger partial charge in [-0.05, 0) is 25.1 Å².